The van der Waals surface area contributed by atoms with Crippen molar-refractivity contribution in [2.24, 2.45) is 0 Å². The van der Waals surface area contributed by atoms with E-state index in [1.54, 1.807) is 13.2 Å². The highest BCUT2D eigenvalue weighted by Gasteiger charge is 2.27. The Balaban J connectivity index is 1.91. The Hall–Kier alpha value is -3.68. The molecular weight excluding hydrogens is 380 g/mol. The molecule has 8 nitrogen and oxygen atoms in total. The standard InChI is InChI=1S/C22H22N6O2/c1-30-15-12-16-19(17(29)13-15)18(14-8-4-2-5-9-14)20(21-24-26-27-25-21)22(23-16)28-10-6-3-7-11-28/h2,4-5,8-9,12-13,29H,3,6-7,10-11H2,1H3,(H,24,25,26,27). The molecule has 1 saturated heterocycles. The molecule has 152 valence electrons. The first-order valence-corrected chi connectivity index (χ1v) is 10.0. The van der Waals surface area contributed by atoms with Crippen LogP contribution in [0.3, 0.4) is 0 Å². The molecule has 1 fully saturated rings. The first kappa shape index (κ1) is 18.4. The quantitative estimate of drug-likeness (QED) is 0.536. The number of nitrogens with one attached hydrogen (secondary N) is 1. The highest BCUT2D eigenvalue weighted by atomic mass is 16.5. The van der Waals surface area contributed by atoms with Gasteiger partial charge in [0.15, 0.2) is 0 Å². The molecule has 2 aromatic heterocycles. The zero-order valence-corrected chi connectivity index (χ0v) is 16.7. The second-order valence-corrected chi connectivity index (χ2v) is 7.38. The van der Waals surface area contributed by atoms with E-state index < -0.39 is 0 Å². The molecule has 5 rings (SSSR count). The molecule has 0 amide bonds. The van der Waals surface area contributed by atoms with Gasteiger partial charge in [-0.3, -0.25) is 0 Å². The summed E-state index contributed by atoms with van der Waals surface area (Å²) in [5.74, 6) is 1.92. The Morgan fingerprint density at radius 2 is 1.83 bits per heavy atom. The SMILES string of the molecule is COc1cc(O)c2c(-c3ccccc3)c(-c3nn[nH]n3)c(N3CCCCC3)nc2c1. The lowest BCUT2D eigenvalue weighted by Crippen LogP contribution is -2.31. The number of aromatic nitrogens is 5. The van der Waals surface area contributed by atoms with Gasteiger partial charge in [-0.15, -0.1) is 10.2 Å². The predicted molar refractivity (Wildman–Crippen MR) is 115 cm³/mol. The second kappa shape index (κ2) is 7.62. The number of aromatic amines is 1. The van der Waals surface area contributed by atoms with Gasteiger partial charge in [-0.05, 0) is 30.0 Å². The van der Waals surface area contributed by atoms with E-state index in [2.05, 4.69) is 25.5 Å². The van der Waals surface area contributed by atoms with Crippen LogP contribution in [0.4, 0.5) is 5.82 Å². The van der Waals surface area contributed by atoms with Crippen LogP contribution in [0.2, 0.25) is 0 Å². The number of tetrazole rings is 1. The smallest absolute Gasteiger partial charge is 0.209 e. The average Bonchev–Trinajstić information content (AvgIpc) is 3.33. The molecule has 0 atom stereocenters. The summed E-state index contributed by atoms with van der Waals surface area (Å²) in [5.41, 5.74) is 3.22. The van der Waals surface area contributed by atoms with Gasteiger partial charge in [-0.2, -0.15) is 5.21 Å². The molecular formula is C22H22N6O2. The molecule has 0 bridgehead atoms. The van der Waals surface area contributed by atoms with E-state index >= 15 is 0 Å². The van der Waals surface area contributed by atoms with Crippen LogP contribution in [-0.2, 0) is 0 Å². The van der Waals surface area contributed by atoms with Crippen LogP contribution in [0, 0.1) is 0 Å². The van der Waals surface area contributed by atoms with Crippen LogP contribution in [0.15, 0.2) is 42.5 Å². The minimum atomic E-state index is 0.102. The van der Waals surface area contributed by atoms with Gasteiger partial charge in [-0.25, -0.2) is 4.98 Å². The van der Waals surface area contributed by atoms with Crippen LogP contribution < -0.4 is 9.64 Å². The molecule has 0 spiro atoms. The zero-order chi connectivity index (χ0) is 20.5. The van der Waals surface area contributed by atoms with Crippen LogP contribution >= 0.6 is 0 Å². The van der Waals surface area contributed by atoms with Crippen molar-refractivity contribution in [2.45, 2.75) is 19.3 Å². The van der Waals surface area contributed by atoms with E-state index in [4.69, 9.17) is 9.72 Å². The van der Waals surface area contributed by atoms with Crippen molar-refractivity contribution >= 4 is 16.7 Å². The molecule has 0 aliphatic carbocycles. The number of pyridine rings is 1. The third kappa shape index (κ3) is 3.10. The highest BCUT2D eigenvalue weighted by molar-refractivity contribution is 6.08. The van der Waals surface area contributed by atoms with Gasteiger partial charge in [0.2, 0.25) is 5.82 Å². The van der Waals surface area contributed by atoms with Gasteiger partial charge < -0.3 is 14.7 Å². The lowest BCUT2D eigenvalue weighted by atomic mass is 9.93. The molecule has 3 heterocycles. The fraction of sp³-hybridized carbons (Fsp3) is 0.273. The van der Waals surface area contributed by atoms with Gasteiger partial charge in [0.1, 0.15) is 17.3 Å². The summed E-state index contributed by atoms with van der Waals surface area (Å²) in [5, 5.41) is 26.5. The first-order valence-electron chi connectivity index (χ1n) is 10.0. The third-order valence-corrected chi connectivity index (χ3v) is 5.54. The Morgan fingerprint density at radius 3 is 2.53 bits per heavy atom. The topological polar surface area (TPSA) is 100 Å². The van der Waals surface area contributed by atoms with E-state index in [0.717, 1.165) is 48.4 Å². The van der Waals surface area contributed by atoms with Crippen molar-refractivity contribution in [3.8, 4) is 34.0 Å². The van der Waals surface area contributed by atoms with E-state index in [-0.39, 0.29) is 5.75 Å². The van der Waals surface area contributed by atoms with E-state index in [0.29, 0.717) is 22.5 Å². The van der Waals surface area contributed by atoms with Crippen molar-refractivity contribution in [2.75, 3.05) is 25.1 Å². The van der Waals surface area contributed by atoms with E-state index in [9.17, 15) is 5.11 Å². The molecule has 0 radical (unpaired) electrons. The zero-order valence-electron chi connectivity index (χ0n) is 16.7. The number of methoxy groups -OCH3 is 1. The van der Waals surface area contributed by atoms with Crippen LogP contribution in [0.1, 0.15) is 19.3 Å². The maximum atomic E-state index is 11.0. The minimum absolute atomic E-state index is 0.102. The number of rotatable bonds is 4. The minimum Gasteiger partial charge on any atom is -0.507 e. The van der Waals surface area contributed by atoms with Crippen molar-refractivity contribution in [3.05, 3.63) is 42.5 Å². The van der Waals surface area contributed by atoms with Gasteiger partial charge in [0, 0.05) is 30.8 Å². The van der Waals surface area contributed by atoms with Gasteiger partial charge in [0.05, 0.1) is 23.6 Å². The summed E-state index contributed by atoms with van der Waals surface area (Å²) in [6.07, 6.45) is 3.42. The third-order valence-electron chi connectivity index (χ3n) is 5.54. The summed E-state index contributed by atoms with van der Waals surface area (Å²) in [6.45, 7) is 1.82. The van der Waals surface area contributed by atoms with Crippen LogP contribution in [-0.4, -0.2) is 50.9 Å². The number of anilines is 1. The maximum absolute atomic E-state index is 11.0. The van der Waals surface area contributed by atoms with Crippen molar-refractivity contribution in [1.82, 2.24) is 25.6 Å². The lowest BCUT2D eigenvalue weighted by Gasteiger charge is -2.30. The van der Waals surface area contributed by atoms with Crippen molar-refractivity contribution < 1.29 is 9.84 Å². The molecule has 2 N–H and O–H groups in total. The fourth-order valence-electron chi connectivity index (χ4n) is 4.16. The van der Waals surface area contributed by atoms with Gasteiger partial charge in [-0.1, -0.05) is 30.3 Å². The van der Waals surface area contributed by atoms with E-state index in [1.807, 2.05) is 36.4 Å². The monoisotopic (exact) mass is 402 g/mol. The summed E-state index contributed by atoms with van der Waals surface area (Å²) in [7, 11) is 1.58. The Kier molecular flexibility index (Phi) is 4.66. The summed E-state index contributed by atoms with van der Waals surface area (Å²) in [6, 6.07) is 13.4. The number of H-pyrrole nitrogens is 1. The first-order chi connectivity index (χ1) is 14.8. The number of phenolic OH excluding ortho intramolecular Hbond substituents is 1. The van der Waals surface area contributed by atoms with Gasteiger partial charge >= 0.3 is 0 Å². The Bertz CT molecular complexity index is 1170. The normalized spacial score (nSPS) is 14.2. The maximum Gasteiger partial charge on any atom is 0.209 e. The molecule has 0 saturated carbocycles. The fourth-order valence-corrected chi connectivity index (χ4v) is 4.16. The number of nitrogens with zero attached hydrogens (tertiary/aromatic N) is 5. The molecule has 30 heavy (non-hydrogen) atoms. The number of ether oxygens (including phenoxy) is 1. The number of piperidine rings is 1. The largest absolute Gasteiger partial charge is 0.507 e. The number of hydrogen-bond donors (Lipinski definition) is 2. The molecule has 8 heteroatoms. The number of phenols is 1. The number of benzene rings is 2. The summed E-state index contributed by atoms with van der Waals surface area (Å²) >= 11 is 0. The lowest BCUT2D eigenvalue weighted by molar-refractivity contribution is 0.409. The number of aromatic hydroxyl groups is 1. The molecule has 0 unspecified atom stereocenters. The molecule has 2 aromatic carbocycles. The molecule has 1 aliphatic rings. The van der Waals surface area contributed by atoms with Crippen LogP contribution in [0.25, 0.3) is 33.4 Å². The second-order valence-electron chi connectivity index (χ2n) is 7.38. The van der Waals surface area contributed by atoms with E-state index in [1.165, 1.54) is 6.42 Å². The Labute approximate surface area is 173 Å². The Morgan fingerprint density at radius 1 is 1.03 bits per heavy atom. The average molecular weight is 402 g/mol. The molecule has 4 aromatic rings. The summed E-state index contributed by atoms with van der Waals surface area (Å²) < 4.78 is 5.38. The predicted octanol–water partition coefficient (Wildman–Crippen LogP) is 3.79. The number of hydrogen-bond acceptors (Lipinski definition) is 7. The summed E-state index contributed by atoms with van der Waals surface area (Å²) in [4.78, 5) is 7.25. The van der Waals surface area contributed by atoms with Crippen molar-refractivity contribution in [3.63, 3.8) is 0 Å². The van der Waals surface area contributed by atoms with Crippen molar-refractivity contribution in [1.29, 1.82) is 0 Å². The highest BCUT2D eigenvalue weighted by Crippen LogP contribution is 2.46. The van der Waals surface area contributed by atoms with Gasteiger partial charge in [0.25, 0.3) is 0 Å². The van der Waals surface area contributed by atoms with Crippen LogP contribution in [0.5, 0.6) is 11.5 Å². The molecule has 1 aliphatic heterocycles. The number of fused-ring (bicyclic) bond motifs is 1.